The zero-order valence-electron chi connectivity index (χ0n) is 20.0. The minimum Gasteiger partial charge on any atom is -0.359 e. The molecule has 1 aliphatic carbocycles. The normalized spacial score (nSPS) is 30.5. The van der Waals surface area contributed by atoms with Gasteiger partial charge in [-0.3, -0.25) is 14.4 Å². The number of hydrogen-bond acceptors (Lipinski definition) is 5. The number of carbonyl (C=O) groups excluding carboxylic acids is 3. The third kappa shape index (κ3) is 4.28. The van der Waals surface area contributed by atoms with Crippen LogP contribution in [0.25, 0.3) is 0 Å². The Morgan fingerprint density at radius 1 is 1.11 bits per heavy atom. The van der Waals surface area contributed by atoms with Gasteiger partial charge in [0.25, 0.3) is 0 Å². The summed E-state index contributed by atoms with van der Waals surface area (Å²) >= 11 is 13.7. The summed E-state index contributed by atoms with van der Waals surface area (Å²) in [6.07, 6.45) is 8.26. The predicted octanol–water partition coefficient (Wildman–Crippen LogP) is 4.79. The highest BCUT2D eigenvalue weighted by Gasteiger charge is 2.72. The standard InChI is InChI=1S/C27H27Cl2N3O4S/c28-18-9-8-16(13-19(18)29)31-24(33)21-20-10-11-27(36-20)22(21)26(35)32(14-17-7-4-12-37-17)23(27)25(34)30-15-5-2-1-3-6-15/h4,7-13,15,20-23H,1-3,5-6,14H2,(H,30,34)(H,31,33)/t20-,21+,22-,23-,27-/m1/s1. The van der Waals surface area contributed by atoms with Crippen molar-refractivity contribution in [3.8, 4) is 0 Å². The predicted molar refractivity (Wildman–Crippen MR) is 142 cm³/mol. The first-order valence-corrected chi connectivity index (χ1v) is 14.3. The average molecular weight is 561 g/mol. The van der Waals surface area contributed by atoms with Crippen LogP contribution in [0.1, 0.15) is 37.0 Å². The number of likely N-dealkylation sites (tertiary alicyclic amines) is 1. The van der Waals surface area contributed by atoms with Gasteiger partial charge in [-0.2, -0.15) is 0 Å². The van der Waals surface area contributed by atoms with Crippen molar-refractivity contribution < 1.29 is 19.1 Å². The first-order valence-electron chi connectivity index (χ1n) is 12.6. The summed E-state index contributed by atoms with van der Waals surface area (Å²) in [5.74, 6) is -2.37. The SMILES string of the molecule is O=C(Nc1ccc(Cl)c(Cl)c1)[C@H]1[C@H]2C=C[C@@]3(O2)[C@H]1C(=O)N(Cc1cccs1)[C@@H]3C(=O)NC1CCCCC1. The topological polar surface area (TPSA) is 87.7 Å². The molecule has 37 heavy (non-hydrogen) atoms. The molecule has 4 heterocycles. The lowest BCUT2D eigenvalue weighted by atomic mass is 9.74. The number of rotatable bonds is 6. The van der Waals surface area contributed by atoms with E-state index in [9.17, 15) is 14.4 Å². The molecule has 3 fully saturated rings. The van der Waals surface area contributed by atoms with Crippen LogP contribution >= 0.6 is 34.5 Å². The number of thiophene rings is 1. The maximum absolute atomic E-state index is 14.0. The number of hydrogen-bond donors (Lipinski definition) is 2. The van der Waals surface area contributed by atoms with Gasteiger partial charge in [0.2, 0.25) is 17.7 Å². The van der Waals surface area contributed by atoms with E-state index in [1.165, 1.54) is 17.8 Å². The molecule has 6 rings (SSSR count). The Morgan fingerprint density at radius 2 is 1.92 bits per heavy atom. The van der Waals surface area contributed by atoms with Crippen molar-refractivity contribution >= 4 is 57.9 Å². The Balaban J connectivity index is 1.31. The molecule has 7 nitrogen and oxygen atoms in total. The second-order valence-corrected chi connectivity index (χ2v) is 12.1. The van der Waals surface area contributed by atoms with Gasteiger partial charge in [0, 0.05) is 16.6 Å². The number of benzene rings is 1. The number of halogens is 2. The van der Waals surface area contributed by atoms with Crippen LogP contribution in [0.15, 0.2) is 47.9 Å². The molecule has 5 atom stereocenters. The monoisotopic (exact) mass is 559 g/mol. The van der Waals surface area contributed by atoms with E-state index in [-0.39, 0.29) is 23.8 Å². The molecule has 0 radical (unpaired) electrons. The van der Waals surface area contributed by atoms with Crippen LogP contribution in [0.5, 0.6) is 0 Å². The lowest BCUT2D eigenvalue weighted by Crippen LogP contribution is -2.56. The van der Waals surface area contributed by atoms with Crippen molar-refractivity contribution in [2.24, 2.45) is 11.8 Å². The first-order chi connectivity index (χ1) is 17.9. The number of amides is 3. The lowest BCUT2D eigenvalue weighted by molar-refractivity contribution is -0.142. The Kier molecular flexibility index (Phi) is 6.55. The van der Waals surface area contributed by atoms with E-state index in [0.29, 0.717) is 22.3 Å². The number of nitrogens with one attached hydrogen (secondary N) is 2. The van der Waals surface area contributed by atoms with E-state index >= 15 is 0 Å². The Hall–Kier alpha value is -2.39. The molecule has 1 saturated carbocycles. The number of ether oxygens (including phenoxy) is 1. The van der Waals surface area contributed by atoms with E-state index in [2.05, 4.69) is 10.6 Å². The van der Waals surface area contributed by atoms with Crippen LogP contribution in [0, 0.1) is 11.8 Å². The molecule has 0 unspecified atom stereocenters. The highest BCUT2D eigenvalue weighted by Crippen LogP contribution is 2.55. The molecule has 4 aliphatic rings. The van der Waals surface area contributed by atoms with E-state index in [4.69, 9.17) is 27.9 Å². The fourth-order valence-corrected chi connectivity index (χ4v) is 7.34. The molecule has 1 aromatic carbocycles. The molecular weight excluding hydrogens is 533 g/mol. The summed E-state index contributed by atoms with van der Waals surface area (Å²) in [6, 6.07) is 7.94. The summed E-state index contributed by atoms with van der Waals surface area (Å²) < 4.78 is 6.40. The maximum atomic E-state index is 14.0. The van der Waals surface area contributed by atoms with Crippen molar-refractivity contribution in [1.29, 1.82) is 0 Å². The Morgan fingerprint density at radius 3 is 2.65 bits per heavy atom. The molecule has 194 valence electrons. The van der Waals surface area contributed by atoms with Gasteiger partial charge in [-0.15, -0.1) is 11.3 Å². The lowest BCUT2D eigenvalue weighted by Gasteiger charge is -2.34. The molecule has 2 aromatic rings. The van der Waals surface area contributed by atoms with Crippen molar-refractivity contribution in [2.75, 3.05) is 5.32 Å². The van der Waals surface area contributed by atoms with Crippen molar-refractivity contribution in [3.05, 3.63) is 62.8 Å². The smallest absolute Gasteiger partial charge is 0.246 e. The maximum Gasteiger partial charge on any atom is 0.246 e. The molecular formula is C27H27Cl2N3O4S. The Labute approximate surface area is 229 Å². The fraction of sp³-hybridized carbons (Fsp3) is 0.444. The third-order valence-corrected chi connectivity index (χ3v) is 9.57. The average Bonchev–Trinajstić information content (AvgIpc) is 3.65. The van der Waals surface area contributed by atoms with E-state index in [1.54, 1.807) is 23.1 Å². The van der Waals surface area contributed by atoms with E-state index in [0.717, 1.165) is 30.6 Å². The second kappa shape index (κ2) is 9.73. The highest BCUT2D eigenvalue weighted by molar-refractivity contribution is 7.09. The van der Waals surface area contributed by atoms with Crippen LogP contribution in [-0.2, 0) is 25.7 Å². The summed E-state index contributed by atoms with van der Waals surface area (Å²) in [5.41, 5.74) is -0.704. The van der Waals surface area contributed by atoms with Crippen LogP contribution < -0.4 is 10.6 Å². The molecule has 3 amide bonds. The molecule has 2 saturated heterocycles. The first kappa shape index (κ1) is 24.9. The summed E-state index contributed by atoms with van der Waals surface area (Å²) in [5, 5.41) is 8.72. The summed E-state index contributed by atoms with van der Waals surface area (Å²) in [4.78, 5) is 43.9. The fourth-order valence-electron chi connectivity index (χ4n) is 6.33. The van der Waals surface area contributed by atoms with E-state index in [1.807, 2.05) is 29.7 Å². The van der Waals surface area contributed by atoms with Gasteiger partial charge in [-0.1, -0.05) is 60.7 Å². The molecule has 1 spiro atoms. The van der Waals surface area contributed by atoms with Crippen LogP contribution in [0.2, 0.25) is 10.0 Å². The van der Waals surface area contributed by atoms with Gasteiger partial charge >= 0.3 is 0 Å². The number of nitrogens with zero attached hydrogens (tertiary/aromatic N) is 1. The van der Waals surface area contributed by atoms with Crippen LogP contribution in [0.4, 0.5) is 5.69 Å². The Bertz CT molecular complexity index is 1260. The quantitative estimate of drug-likeness (QED) is 0.498. The summed E-state index contributed by atoms with van der Waals surface area (Å²) in [6.45, 7) is 0.292. The number of anilines is 1. The molecule has 2 bridgehead atoms. The van der Waals surface area contributed by atoms with Gasteiger partial charge in [-0.25, -0.2) is 0 Å². The van der Waals surface area contributed by atoms with Gasteiger partial charge in [-0.05, 0) is 42.5 Å². The van der Waals surface area contributed by atoms with E-state index < -0.39 is 29.6 Å². The largest absolute Gasteiger partial charge is 0.359 e. The number of fused-ring (bicyclic) bond motifs is 1. The van der Waals surface area contributed by atoms with Crippen molar-refractivity contribution in [2.45, 2.75) is 62.4 Å². The van der Waals surface area contributed by atoms with Gasteiger partial charge in [0.05, 0.1) is 34.5 Å². The molecule has 3 aliphatic heterocycles. The molecule has 2 N–H and O–H groups in total. The zero-order chi connectivity index (χ0) is 25.7. The van der Waals surface area contributed by atoms with Gasteiger partial charge < -0.3 is 20.3 Å². The highest BCUT2D eigenvalue weighted by atomic mass is 35.5. The van der Waals surface area contributed by atoms with Gasteiger partial charge in [0.1, 0.15) is 11.6 Å². The van der Waals surface area contributed by atoms with Crippen molar-refractivity contribution in [3.63, 3.8) is 0 Å². The van der Waals surface area contributed by atoms with Crippen molar-refractivity contribution in [1.82, 2.24) is 10.2 Å². The molecule has 10 heteroatoms. The van der Waals surface area contributed by atoms with Gasteiger partial charge in [0.15, 0.2) is 0 Å². The van der Waals surface area contributed by atoms with Crippen LogP contribution in [-0.4, -0.2) is 46.4 Å². The zero-order valence-corrected chi connectivity index (χ0v) is 22.3. The third-order valence-electron chi connectivity index (χ3n) is 7.97. The van der Waals surface area contributed by atoms with Crippen LogP contribution in [0.3, 0.4) is 0 Å². The second-order valence-electron chi connectivity index (χ2n) is 10.2. The minimum atomic E-state index is -1.18. The molecule has 1 aromatic heterocycles. The minimum absolute atomic E-state index is 0.0896. The number of carbonyl (C=O) groups is 3. The summed E-state index contributed by atoms with van der Waals surface area (Å²) in [7, 11) is 0.